The molecule has 0 atom stereocenters. The zero-order valence-electron chi connectivity index (χ0n) is 20.0. The number of carbonyl (C=O) groups excluding carboxylic acids is 1. The van der Waals surface area contributed by atoms with Gasteiger partial charge in [0, 0.05) is 25.6 Å². The maximum atomic E-state index is 12.1. The summed E-state index contributed by atoms with van der Waals surface area (Å²) in [5, 5.41) is 12.6. The fourth-order valence-corrected chi connectivity index (χ4v) is 4.51. The van der Waals surface area contributed by atoms with E-state index in [0.717, 1.165) is 53.9 Å². The standard InChI is InChI=1S/C25H34N6O2/c1-16(2)14-22(32)26-18-10-12-19(13-11-18)27-24-23-17(3)30-31(20-8-6-5-7-9-20)25(23)29-21(28-24)15-33-4/h5-9,16,18-19H,10-15H2,1-4H3,(H,26,32)(H,27,28,29). The largest absolute Gasteiger partial charge is 0.377 e. The number of benzene rings is 1. The smallest absolute Gasteiger partial charge is 0.220 e. The molecule has 1 aliphatic carbocycles. The van der Waals surface area contributed by atoms with Gasteiger partial charge in [-0.1, -0.05) is 32.0 Å². The van der Waals surface area contributed by atoms with Crippen molar-refractivity contribution >= 4 is 22.8 Å². The number of aromatic nitrogens is 4. The Morgan fingerprint density at radius 1 is 1.12 bits per heavy atom. The van der Waals surface area contributed by atoms with E-state index in [1.54, 1.807) is 7.11 Å². The summed E-state index contributed by atoms with van der Waals surface area (Å²) in [5.74, 6) is 1.97. The Morgan fingerprint density at radius 3 is 2.48 bits per heavy atom. The monoisotopic (exact) mass is 450 g/mol. The van der Waals surface area contributed by atoms with Gasteiger partial charge >= 0.3 is 0 Å². The molecule has 2 N–H and O–H groups in total. The van der Waals surface area contributed by atoms with Crippen molar-refractivity contribution < 1.29 is 9.53 Å². The van der Waals surface area contributed by atoms with Gasteiger partial charge in [-0.25, -0.2) is 14.6 Å². The number of anilines is 1. The number of hydrogen-bond acceptors (Lipinski definition) is 6. The molecule has 1 aliphatic rings. The lowest BCUT2D eigenvalue weighted by Crippen LogP contribution is -2.40. The molecule has 1 aromatic carbocycles. The van der Waals surface area contributed by atoms with Crippen LogP contribution in [0, 0.1) is 12.8 Å². The van der Waals surface area contributed by atoms with Crippen molar-refractivity contribution in [2.75, 3.05) is 12.4 Å². The molecule has 8 nitrogen and oxygen atoms in total. The van der Waals surface area contributed by atoms with Gasteiger partial charge in [-0.3, -0.25) is 4.79 Å². The number of rotatable bonds is 8. The summed E-state index contributed by atoms with van der Waals surface area (Å²) >= 11 is 0. The Morgan fingerprint density at radius 2 is 1.82 bits per heavy atom. The second-order valence-electron chi connectivity index (χ2n) is 9.31. The summed E-state index contributed by atoms with van der Waals surface area (Å²) in [6.45, 7) is 6.47. The Kier molecular flexibility index (Phi) is 7.23. The van der Waals surface area contributed by atoms with Gasteiger partial charge in [0.1, 0.15) is 12.4 Å². The normalized spacial score (nSPS) is 18.6. The highest BCUT2D eigenvalue weighted by atomic mass is 16.5. The van der Waals surface area contributed by atoms with Crippen molar-refractivity contribution in [1.29, 1.82) is 0 Å². The molecule has 8 heteroatoms. The first-order chi connectivity index (χ1) is 15.9. The maximum absolute atomic E-state index is 12.1. The van der Waals surface area contributed by atoms with Crippen LogP contribution in [0.3, 0.4) is 0 Å². The Hall–Kier alpha value is -3.00. The molecule has 4 rings (SSSR count). The molecule has 0 saturated heterocycles. The number of hydrogen-bond donors (Lipinski definition) is 2. The van der Waals surface area contributed by atoms with Gasteiger partial charge < -0.3 is 15.4 Å². The number of nitrogens with zero attached hydrogens (tertiary/aromatic N) is 4. The van der Waals surface area contributed by atoms with Gasteiger partial charge in [0.15, 0.2) is 11.5 Å². The molecule has 0 radical (unpaired) electrons. The third kappa shape index (κ3) is 5.50. The molecule has 33 heavy (non-hydrogen) atoms. The molecule has 2 aromatic heterocycles. The molecule has 1 saturated carbocycles. The van der Waals surface area contributed by atoms with E-state index >= 15 is 0 Å². The Balaban J connectivity index is 1.54. The second kappa shape index (κ2) is 10.3. The highest BCUT2D eigenvalue weighted by Crippen LogP contribution is 2.29. The quantitative estimate of drug-likeness (QED) is 0.535. The first-order valence-corrected chi connectivity index (χ1v) is 11.8. The second-order valence-corrected chi connectivity index (χ2v) is 9.31. The minimum atomic E-state index is 0.159. The van der Waals surface area contributed by atoms with Gasteiger partial charge in [0.05, 0.1) is 16.8 Å². The predicted molar refractivity (Wildman–Crippen MR) is 129 cm³/mol. The van der Waals surface area contributed by atoms with Gasteiger partial charge in [-0.2, -0.15) is 5.10 Å². The average molecular weight is 451 g/mol. The van der Waals surface area contributed by atoms with Crippen LogP contribution in [0.2, 0.25) is 0 Å². The summed E-state index contributed by atoms with van der Waals surface area (Å²) in [5.41, 5.74) is 2.62. The number of aryl methyl sites for hydroxylation is 1. The first-order valence-electron chi connectivity index (χ1n) is 11.8. The number of methoxy groups -OCH3 is 1. The molecule has 1 fully saturated rings. The lowest BCUT2D eigenvalue weighted by atomic mass is 9.91. The number of ether oxygens (including phenoxy) is 1. The topological polar surface area (TPSA) is 94.0 Å². The Bertz CT molecular complexity index is 1090. The lowest BCUT2D eigenvalue weighted by molar-refractivity contribution is -0.122. The van der Waals surface area contributed by atoms with Crippen molar-refractivity contribution in [3.8, 4) is 5.69 Å². The number of amides is 1. The molecular weight excluding hydrogens is 416 g/mol. The van der Waals surface area contributed by atoms with E-state index in [2.05, 4.69) is 24.5 Å². The highest BCUT2D eigenvalue weighted by Gasteiger charge is 2.25. The van der Waals surface area contributed by atoms with Crippen LogP contribution in [-0.2, 0) is 16.1 Å². The van der Waals surface area contributed by atoms with E-state index in [-0.39, 0.29) is 18.0 Å². The van der Waals surface area contributed by atoms with Crippen LogP contribution in [0.4, 0.5) is 5.82 Å². The summed E-state index contributed by atoms with van der Waals surface area (Å²) in [6, 6.07) is 10.6. The van der Waals surface area contributed by atoms with E-state index in [1.807, 2.05) is 41.9 Å². The van der Waals surface area contributed by atoms with E-state index in [9.17, 15) is 4.79 Å². The van der Waals surface area contributed by atoms with Crippen molar-refractivity contribution in [3.05, 3.63) is 41.9 Å². The van der Waals surface area contributed by atoms with Crippen molar-refractivity contribution in [3.63, 3.8) is 0 Å². The van der Waals surface area contributed by atoms with E-state index in [4.69, 9.17) is 19.8 Å². The zero-order chi connectivity index (χ0) is 23.4. The number of nitrogens with one attached hydrogen (secondary N) is 2. The molecule has 0 aliphatic heterocycles. The van der Waals surface area contributed by atoms with E-state index in [0.29, 0.717) is 24.8 Å². The van der Waals surface area contributed by atoms with Crippen LogP contribution < -0.4 is 10.6 Å². The zero-order valence-corrected chi connectivity index (χ0v) is 20.0. The number of para-hydroxylation sites is 1. The minimum Gasteiger partial charge on any atom is -0.377 e. The minimum absolute atomic E-state index is 0.159. The third-order valence-electron chi connectivity index (χ3n) is 6.05. The van der Waals surface area contributed by atoms with Crippen LogP contribution in [0.25, 0.3) is 16.7 Å². The molecular formula is C25H34N6O2. The first kappa shape index (κ1) is 23.2. The summed E-state index contributed by atoms with van der Waals surface area (Å²) < 4.78 is 7.20. The van der Waals surface area contributed by atoms with Crippen molar-refractivity contribution in [2.45, 2.75) is 71.6 Å². The third-order valence-corrected chi connectivity index (χ3v) is 6.05. The SMILES string of the molecule is COCc1nc(NC2CCC(NC(=O)CC(C)C)CC2)c2c(C)nn(-c3ccccc3)c2n1. The van der Waals surface area contributed by atoms with Crippen LogP contribution in [0.5, 0.6) is 0 Å². The van der Waals surface area contributed by atoms with Crippen molar-refractivity contribution in [1.82, 2.24) is 25.1 Å². The van der Waals surface area contributed by atoms with Crippen LogP contribution in [0.1, 0.15) is 57.5 Å². The molecule has 1 amide bonds. The molecule has 0 bridgehead atoms. The van der Waals surface area contributed by atoms with E-state index in [1.165, 1.54) is 0 Å². The Labute approximate surface area is 195 Å². The average Bonchev–Trinajstić information content (AvgIpc) is 3.12. The van der Waals surface area contributed by atoms with Crippen LogP contribution in [-0.4, -0.2) is 44.8 Å². The summed E-state index contributed by atoms with van der Waals surface area (Å²) in [6.07, 6.45) is 4.46. The summed E-state index contributed by atoms with van der Waals surface area (Å²) in [4.78, 5) is 21.7. The van der Waals surface area contributed by atoms with Gasteiger partial charge in [-0.15, -0.1) is 0 Å². The fourth-order valence-electron chi connectivity index (χ4n) is 4.51. The van der Waals surface area contributed by atoms with Gasteiger partial charge in [0.25, 0.3) is 0 Å². The van der Waals surface area contributed by atoms with Crippen LogP contribution in [0.15, 0.2) is 30.3 Å². The fraction of sp³-hybridized carbons (Fsp3) is 0.520. The lowest BCUT2D eigenvalue weighted by Gasteiger charge is -2.30. The van der Waals surface area contributed by atoms with Crippen molar-refractivity contribution in [2.24, 2.45) is 5.92 Å². The molecule has 176 valence electrons. The van der Waals surface area contributed by atoms with Crippen LogP contribution >= 0.6 is 0 Å². The van der Waals surface area contributed by atoms with Gasteiger partial charge in [-0.05, 0) is 50.7 Å². The maximum Gasteiger partial charge on any atom is 0.220 e. The molecule has 2 heterocycles. The highest BCUT2D eigenvalue weighted by molar-refractivity contribution is 5.90. The molecule has 0 spiro atoms. The predicted octanol–water partition coefficient (Wildman–Crippen LogP) is 4.16. The summed E-state index contributed by atoms with van der Waals surface area (Å²) in [7, 11) is 1.65. The van der Waals surface area contributed by atoms with E-state index < -0.39 is 0 Å². The number of carbonyl (C=O) groups is 1. The molecule has 0 unspecified atom stereocenters. The number of fused-ring (bicyclic) bond motifs is 1. The van der Waals surface area contributed by atoms with Gasteiger partial charge in [0.2, 0.25) is 5.91 Å². The molecule has 3 aromatic rings.